The van der Waals surface area contributed by atoms with E-state index < -0.39 is 0 Å². The van der Waals surface area contributed by atoms with E-state index in [0.29, 0.717) is 6.54 Å². The molecule has 0 aliphatic rings. The van der Waals surface area contributed by atoms with Gasteiger partial charge in [0.15, 0.2) is 0 Å². The molecule has 1 aromatic heterocycles. The molecule has 3 heteroatoms. The van der Waals surface area contributed by atoms with Crippen LogP contribution in [0.5, 0.6) is 0 Å². The number of likely N-dealkylation sites (N-methyl/N-ethyl adjacent to an activating group) is 1. The monoisotopic (exact) mass is 270 g/mol. The van der Waals surface area contributed by atoms with Crippen LogP contribution in [0.3, 0.4) is 0 Å². The normalized spacial score (nSPS) is 12.3. The average Bonchev–Trinajstić information content (AvgIpc) is 2.49. The van der Waals surface area contributed by atoms with Gasteiger partial charge in [-0.25, -0.2) is 0 Å². The first-order valence-electron chi connectivity index (χ1n) is 7.08. The van der Waals surface area contributed by atoms with E-state index >= 15 is 0 Å². The Hall–Kier alpha value is -1.87. The summed E-state index contributed by atoms with van der Waals surface area (Å²) in [7, 11) is 1.93. The molecule has 0 saturated heterocycles. The van der Waals surface area contributed by atoms with Crippen LogP contribution in [-0.4, -0.2) is 11.6 Å². The molecule has 2 aromatic rings. The summed E-state index contributed by atoms with van der Waals surface area (Å²) in [6, 6.07) is 12.5. The van der Waals surface area contributed by atoms with Gasteiger partial charge in [0.2, 0.25) is 0 Å². The van der Waals surface area contributed by atoms with Gasteiger partial charge in [0.1, 0.15) is 0 Å². The molecule has 0 amide bonds. The lowest BCUT2D eigenvalue weighted by molar-refractivity contribution is 0.490. The highest BCUT2D eigenvalue weighted by molar-refractivity contribution is 5.25. The van der Waals surface area contributed by atoms with Gasteiger partial charge in [0.25, 0.3) is 5.56 Å². The number of nitrogens with one attached hydrogen (secondary N) is 1. The highest BCUT2D eigenvalue weighted by atomic mass is 16.1. The summed E-state index contributed by atoms with van der Waals surface area (Å²) in [5.41, 5.74) is 3.40. The van der Waals surface area contributed by atoms with Gasteiger partial charge in [0, 0.05) is 18.3 Å². The molecule has 20 heavy (non-hydrogen) atoms. The van der Waals surface area contributed by atoms with E-state index in [1.54, 1.807) is 4.57 Å². The number of pyridine rings is 1. The van der Waals surface area contributed by atoms with Crippen molar-refractivity contribution in [2.24, 2.45) is 0 Å². The van der Waals surface area contributed by atoms with E-state index in [-0.39, 0.29) is 11.6 Å². The Morgan fingerprint density at radius 3 is 2.50 bits per heavy atom. The molecule has 0 bridgehead atoms. The molecule has 1 heterocycles. The first kappa shape index (κ1) is 14.5. The van der Waals surface area contributed by atoms with Crippen molar-refractivity contribution in [2.75, 3.05) is 7.05 Å². The van der Waals surface area contributed by atoms with Crippen molar-refractivity contribution in [1.82, 2.24) is 9.88 Å². The lowest BCUT2D eigenvalue weighted by Crippen LogP contribution is -2.29. The highest BCUT2D eigenvalue weighted by Gasteiger charge is 2.11. The van der Waals surface area contributed by atoms with E-state index in [4.69, 9.17) is 0 Å². The van der Waals surface area contributed by atoms with Crippen molar-refractivity contribution < 1.29 is 0 Å². The summed E-state index contributed by atoms with van der Waals surface area (Å²) in [5.74, 6) is 0. The van der Waals surface area contributed by atoms with E-state index in [9.17, 15) is 4.79 Å². The number of nitrogens with zero attached hydrogens (tertiary/aromatic N) is 1. The van der Waals surface area contributed by atoms with Gasteiger partial charge in [-0.2, -0.15) is 0 Å². The van der Waals surface area contributed by atoms with Crippen LogP contribution in [0.15, 0.2) is 47.4 Å². The number of rotatable bonds is 5. The summed E-state index contributed by atoms with van der Waals surface area (Å²) in [4.78, 5) is 12.1. The predicted octanol–water partition coefficient (Wildman–Crippen LogP) is 2.68. The molecule has 1 N–H and O–H groups in total. The Bertz CT molecular complexity index is 614. The first-order chi connectivity index (χ1) is 9.65. The third kappa shape index (κ3) is 3.17. The maximum Gasteiger partial charge on any atom is 0.253 e. The molecule has 0 spiro atoms. The maximum absolute atomic E-state index is 12.1. The van der Waals surface area contributed by atoms with Gasteiger partial charge in [-0.05, 0) is 37.6 Å². The molecular weight excluding hydrogens is 248 g/mol. The second-order valence-corrected chi connectivity index (χ2v) is 5.09. The molecule has 0 radical (unpaired) electrons. The number of hydrogen-bond acceptors (Lipinski definition) is 2. The molecule has 0 fully saturated rings. The summed E-state index contributed by atoms with van der Waals surface area (Å²) >= 11 is 0. The van der Waals surface area contributed by atoms with E-state index in [1.165, 1.54) is 11.1 Å². The molecular formula is C17H22N2O. The first-order valence-corrected chi connectivity index (χ1v) is 7.08. The predicted molar refractivity (Wildman–Crippen MR) is 83.1 cm³/mol. The van der Waals surface area contributed by atoms with E-state index in [1.807, 2.05) is 32.3 Å². The zero-order valence-electron chi connectivity index (χ0n) is 12.4. The maximum atomic E-state index is 12.1. The Labute approximate surface area is 120 Å². The molecule has 3 nitrogen and oxygen atoms in total. The Morgan fingerprint density at radius 1 is 1.20 bits per heavy atom. The van der Waals surface area contributed by atoms with Crippen LogP contribution in [0.1, 0.15) is 29.7 Å². The third-order valence-electron chi connectivity index (χ3n) is 3.73. The minimum Gasteiger partial charge on any atom is -0.313 e. The van der Waals surface area contributed by atoms with Gasteiger partial charge in [-0.1, -0.05) is 37.3 Å². The minimum atomic E-state index is 0.0814. The molecule has 0 saturated carbocycles. The lowest BCUT2D eigenvalue weighted by Gasteiger charge is -2.18. The van der Waals surface area contributed by atoms with E-state index in [0.717, 1.165) is 12.0 Å². The van der Waals surface area contributed by atoms with Crippen molar-refractivity contribution in [3.8, 4) is 0 Å². The molecule has 0 aliphatic heterocycles. The number of benzene rings is 1. The molecule has 1 unspecified atom stereocenters. The van der Waals surface area contributed by atoms with Crippen LogP contribution in [0.4, 0.5) is 0 Å². The SMILES string of the molecule is CCc1ccc(C(Cn2cccc(C)c2=O)NC)cc1. The van der Waals surface area contributed by atoms with Crippen molar-refractivity contribution in [1.29, 1.82) is 0 Å². The summed E-state index contributed by atoms with van der Waals surface area (Å²) in [5, 5.41) is 3.29. The standard InChI is InChI=1S/C17H22N2O/c1-4-14-7-9-15(10-8-14)16(18-3)12-19-11-5-6-13(2)17(19)20/h5-11,16,18H,4,12H2,1-3H3. The van der Waals surface area contributed by atoms with Gasteiger partial charge in [0.05, 0.1) is 6.04 Å². The van der Waals surface area contributed by atoms with Crippen LogP contribution < -0.4 is 10.9 Å². The highest BCUT2D eigenvalue weighted by Crippen LogP contribution is 2.15. The van der Waals surface area contributed by atoms with Gasteiger partial charge < -0.3 is 9.88 Å². The van der Waals surface area contributed by atoms with Crippen molar-refractivity contribution in [2.45, 2.75) is 32.9 Å². The zero-order valence-corrected chi connectivity index (χ0v) is 12.4. The quantitative estimate of drug-likeness (QED) is 0.906. The van der Waals surface area contributed by atoms with Gasteiger partial charge >= 0.3 is 0 Å². The minimum absolute atomic E-state index is 0.0814. The smallest absolute Gasteiger partial charge is 0.253 e. The largest absolute Gasteiger partial charge is 0.313 e. The second kappa shape index (κ2) is 6.53. The summed E-state index contributed by atoms with van der Waals surface area (Å²) < 4.78 is 1.77. The van der Waals surface area contributed by atoms with Crippen molar-refractivity contribution in [3.63, 3.8) is 0 Å². The van der Waals surface area contributed by atoms with Crippen LogP contribution in [0.2, 0.25) is 0 Å². The third-order valence-corrected chi connectivity index (χ3v) is 3.73. The average molecular weight is 270 g/mol. The topological polar surface area (TPSA) is 34.0 Å². The van der Waals surface area contributed by atoms with Crippen LogP contribution in [0, 0.1) is 6.92 Å². The number of aromatic nitrogens is 1. The molecule has 1 aromatic carbocycles. The zero-order chi connectivity index (χ0) is 14.5. The van der Waals surface area contributed by atoms with Crippen LogP contribution in [0.25, 0.3) is 0 Å². The Morgan fingerprint density at radius 2 is 1.90 bits per heavy atom. The summed E-state index contributed by atoms with van der Waals surface area (Å²) in [6.45, 7) is 4.64. The van der Waals surface area contributed by atoms with Gasteiger partial charge in [-0.15, -0.1) is 0 Å². The fourth-order valence-electron chi connectivity index (χ4n) is 2.35. The van der Waals surface area contributed by atoms with Crippen molar-refractivity contribution >= 4 is 0 Å². The van der Waals surface area contributed by atoms with Gasteiger partial charge in [-0.3, -0.25) is 4.79 Å². The van der Waals surface area contributed by atoms with E-state index in [2.05, 4.69) is 36.5 Å². The number of hydrogen-bond donors (Lipinski definition) is 1. The summed E-state index contributed by atoms with van der Waals surface area (Å²) in [6.07, 6.45) is 2.89. The molecule has 1 atom stereocenters. The Kier molecular flexibility index (Phi) is 4.74. The molecule has 2 rings (SSSR count). The van der Waals surface area contributed by atoms with Crippen LogP contribution in [-0.2, 0) is 13.0 Å². The Balaban J connectivity index is 2.24. The molecule has 0 aliphatic carbocycles. The molecule has 106 valence electrons. The van der Waals surface area contributed by atoms with Crippen LogP contribution >= 0.6 is 0 Å². The second-order valence-electron chi connectivity index (χ2n) is 5.09. The fraction of sp³-hybridized carbons (Fsp3) is 0.353. The fourth-order valence-corrected chi connectivity index (χ4v) is 2.35. The lowest BCUT2D eigenvalue weighted by atomic mass is 10.0. The van der Waals surface area contributed by atoms with Crippen molar-refractivity contribution in [3.05, 3.63) is 69.6 Å². The number of aryl methyl sites for hydroxylation is 2.